The fourth-order valence-corrected chi connectivity index (χ4v) is 4.30. The quantitative estimate of drug-likeness (QED) is 0.191. The van der Waals surface area contributed by atoms with Gasteiger partial charge in [0, 0.05) is 37.9 Å². The Balaban J connectivity index is 0.000000167. The Bertz CT molecular complexity index is 1570. The summed E-state index contributed by atoms with van der Waals surface area (Å²) in [6, 6.07) is 25.7. The Labute approximate surface area is 223 Å². The van der Waals surface area contributed by atoms with Crippen LogP contribution in [0.4, 0.5) is 0 Å². The third-order valence-electron chi connectivity index (χ3n) is 5.32. The van der Waals surface area contributed by atoms with Gasteiger partial charge in [0.1, 0.15) is 19.5 Å². The fraction of sp³-hybridized carbons (Fsp3) is 0.111. The maximum absolute atomic E-state index is 5.90. The summed E-state index contributed by atoms with van der Waals surface area (Å²) in [4.78, 5) is 8.55. The van der Waals surface area contributed by atoms with Gasteiger partial charge in [-0.25, -0.2) is 0 Å². The van der Waals surface area contributed by atoms with Crippen LogP contribution < -0.4 is 5.32 Å². The van der Waals surface area contributed by atoms with Crippen molar-refractivity contribution in [3.8, 4) is 22.8 Å². The number of rotatable bonds is 3. The van der Waals surface area contributed by atoms with Crippen LogP contribution in [0.3, 0.4) is 0 Å². The van der Waals surface area contributed by atoms with Crippen molar-refractivity contribution in [2.75, 3.05) is 0 Å². The van der Waals surface area contributed by atoms with Crippen molar-refractivity contribution in [2.24, 2.45) is 0 Å². The number of benzene rings is 3. The molecule has 9 heteroatoms. The molecule has 3 heterocycles. The summed E-state index contributed by atoms with van der Waals surface area (Å²) in [6.45, 7) is 6.69. The molecule has 0 aliphatic heterocycles. The molecular formula is C27H22IrN6OSi-2. The Morgan fingerprint density at radius 3 is 2.28 bits per heavy atom. The molecule has 3 aromatic heterocycles. The second-order valence-corrected chi connectivity index (χ2v) is 13.9. The molecule has 7 nitrogen and oxygen atoms in total. The number of aromatic nitrogens is 6. The molecule has 0 aliphatic rings. The third-order valence-corrected chi connectivity index (χ3v) is 7.09. The molecule has 0 aliphatic carbocycles. The van der Waals surface area contributed by atoms with Crippen LogP contribution in [-0.2, 0) is 20.1 Å². The van der Waals surface area contributed by atoms with Gasteiger partial charge in [-0.3, -0.25) is 9.97 Å². The molecule has 0 bridgehead atoms. The van der Waals surface area contributed by atoms with Crippen LogP contribution in [0.2, 0.25) is 19.6 Å². The SMILES string of the molecule is C[Si](C)(C)c1cnc(-c2[c-]cccc2)nn1.[Ir].[c-]1ccc2c(oc3ccccc32)c1-c1nccnn1. The van der Waals surface area contributed by atoms with Crippen LogP contribution in [0.25, 0.3) is 44.7 Å². The molecule has 0 saturated heterocycles. The molecule has 0 saturated carbocycles. The van der Waals surface area contributed by atoms with Crippen LogP contribution in [0, 0.1) is 12.1 Å². The van der Waals surface area contributed by atoms with E-state index in [1.807, 2.05) is 66.9 Å². The van der Waals surface area contributed by atoms with Crippen molar-refractivity contribution in [1.29, 1.82) is 0 Å². The minimum absolute atomic E-state index is 0. The zero-order valence-electron chi connectivity index (χ0n) is 19.9. The molecular weight excluding hydrogens is 645 g/mol. The Morgan fingerprint density at radius 2 is 1.58 bits per heavy atom. The van der Waals surface area contributed by atoms with Crippen molar-refractivity contribution in [2.45, 2.75) is 19.6 Å². The normalized spacial score (nSPS) is 11.0. The Hall–Kier alpha value is -3.65. The van der Waals surface area contributed by atoms with Crippen LogP contribution in [0.15, 0.2) is 83.7 Å². The van der Waals surface area contributed by atoms with Crippen molar-refractivity contribution in [3.05, 3.63) is 91.4 Å². The summed E-state index contributed by atoms with van der Waals surface area (Å²) in [5.41, 5.74) is 3.22. The van der Waals surface area contributed by atoms with Gasteiger partial charge in [0.15, 0.2) is 0 Å². The van der Waals surface area contributed by atoms with E-state index in [9.17, 15) is 0 Å². The van der Waals surface area contributed by atoms with Gasteiger partial charge < -0.3 is 4.42 Å². The number of fused-ring (bicyclic) bond motifs is 3. The van der Waals surface area contributed by atoms with E-state index in [4.69, 9.17) is 4.42 Å². The molecule has 0 N–H and O–H groups in total. The van der Waals surface area contributed by atoms with Crippen molar-refractivity contribution in [3.63, 3.8) is 0 Å². The van der Waals surface area contributed by atoms with Gasteiger partial charge in [0.2, 0.25) is 0 Å². The van der Waals surface area contributed by atoms with E-state index < -0.39 is 8.07 Å². The van der Waals surface area contributed by atoms with Gasteiger partial charge in [-0.1, -0.05) is 48.8 Å². The Kier molecular flexibility index (Phi) is 7.74. The van der Waals surface area contributed by atoms with Gasteiger partial charge in [0.25, 0.3) is 0 Å². The van der Waals surface area contributed by atoms with Crippen LogP contribution >= 0.6 is 0 Å². The maximum Gasteiger partial charge on any atom is 0.120 e. The molecule has 0 spiro atoms. The minimum Gasteiger partial charge on any atom is -0.501 e. The van der Waals surface area contributed by atoms with Crippen LogP contribution in [0.5, 0.6) is 0 Å². The second-order valence-electron chi connectivity index (χ2n) is 8.85. The van der Waals surface area contributed by atoms with E-state index in [1.54, 1.807) is 12.4 Å². The molecule has 6 aromatic rings. The topological polar surface area (TPSA) is 90.5 Å². The van der Waals surface area contributed by atoms with E-state index in [-0.39, 0.29) is 20.1 Å². The first-order valence-electron chi connectivity index (χ1n) is 11.1. The zero-order chi connectivity index (χ0) is 24.3. The number of para-hydroxylation sites is 1. The van der Waals surface area contributed by atoms with Gasteiger partial charge in [-0.2, -0.15) is 20.4 Å². The van der Waals surface area contributed by atoms with Gasteiger partial charge in [0.05, 0.1) is 22.9 Å². The predicted molar refractivity (Wildman–Crippen MR) is 138 cm³/mol. The van der Waals surface area contributed by atoms with E-state index in [0.717, 1.165) is 38.4 Å². The average molecular weight is 667 g/mol. The molecule has 3 aromatic carbocycles. The molecule has 0 atom stereocenters. The molecule has 6 rings (SSSR count). The van der Waals surface area contributed by atoms with Gasteiger partial charge in [-0.15, -0.1) is 54.1 Å². The summed E-state index contributed by atoms with van der Waals surface area (Å²) >= 11 is 0. The second kappa shape index (κ2) is 10.9. The van der Waals surface area contributed by atoms with Crippen LogP contribution in [0.1, 0.15) is 0 Å². The van der Waals surface area contributed by atoms with Crippen molar-refractivity contribution < 1.29 is 24.5 Å². The molecule has 0 unspecified atom stereocenters. The molecule has 181 valence electrons. The summed E-state index contributed by atoms with van der Waals surface area (Å²) < 4.78 is 5.90. The van der Waals surface area contributed by atoms with Crippen LogP contribution in [-0.4, -0.2) is 38.4 Å². The summed E-state index contributed by atoms with van der Waals surface area (Å²) in [7, 11) is -1.40. The van der Waals surface area contributed by atoms with E-state index in [2.05, 4.69) is 62.1 Å². The molecule has 36 heavy (non-hydrogen) atoms. The summed E-state index contributed by atoms with van der Waals surface area (Å²) in [5.74, 6) is 1.16. The van der Waals surface area contributed by atoms with E-state index in [1.165, 1.54) is 0 Å². The summed E-state index contributed by atoms with van der Waals surface area (Å²) in [6.07, 6.45) is 5.00. The van der Waals surface area contributed by atoms with Crippen molar-refractivity contribution >= 4 is 35.3 Å². The Morgan fingerprint density at radius 1 is 0.750 bits per heavy atom. The molecule has 0 fully saturated rings. The van der Waals surface area contributed by atoms with Crippen molar-refractivity contribution in [1.82, 2.24) is 30.4 Å². The van der Waals surface area contributed by atoms with Gasteiger partial charge >= 0.3 is 0 Å². The number of hydrogen-bond acceptors (Lipinski definition) is 7. The largest absolute Gasteiger partial charge is 0.501 e. The fourth-order valence-electron chi connectivity index (χ4n) is 3.49. The minimum atomic E-state index is -1.40. The summed E-state index contributed by atoms with van der Waals surface area (Å²) in [5, 5.41) is 19.4. The zero-order valence-corrected chi connectivity index (χ0v) is 23.3. The van der Waals surface area contributed by atoms with E-state index in [0.29, 0.717) is 11.6 Å². The number of nitrogens with zero attached hydrogens (tertiary/aromatic N) is 6. The third kappa shape index (κ3) is 5.43. The smallest absolute Gasteiger partial charge is 0.120 e. The molecule has 0 amide bonds. The first kappa shape index (κ1) is 25.4. The standard InChI is InChI=1S/C15H8N3O.C12H14N3Si.Ir/c1-2-7-13-10(4-1)11-5-3-6-12(14(11)19-13)15-16-8-9-17-18-15;1-16(2,3)11-9-13-12(15-14-11)10-7-5-4-6-8-10;/h1-5,7-9H;4-7,9H,1-3H3;/q2*-1;. The monoisotopic (exact) mass is 667 g/mol. The maximum atomic E-state index is 5.90. The average Bonchev–Trinajstić information content (AvgIpc) is 3.29. The first-order valence-corrected chi connectivity index (χ1v) is 14.6. The van der Waals surface area contributed by atoms with Gasteiger partial charge in [-0.05, 0) is 6.07 Å². The van der Waals surface area contributed by atoms with E-state index >= 15 is 0 Å². The first-order chi connectivity index (χ1) is 17.0. The number of hydrogen-bond donors (Lipinski definition) is 0. The predicted octanol–water partition coefficient (Wildman–Crippen LogP) is 5.12. The number of furan rings is 1. The molecule has 1 radical (unpaired) electrons.